The molecule has 5 heteroatoms. The predicted octanol–water partition coefficient (Wildman–Crippen LogP) is 3.42. The molecule has 1 amide bonds. The second kappa shape index (κ2) is 6.26. The summed E-state index contributed by atoms with van der Waals surface area (Å²) in [6.07, 6.45) is 1.46. The SMILES string of the molecule is Cc1cccc2[nH]cc(C(=O)NCc3ccc(Cl)cc3)c(=O)c12. The molecule has 0 radical (unpaired) electrons. The second-order valence-corrected chi connectivity index (χ2v) is 5.77. The number of aryl methyl sites for hydroxylation is 1. The third-order valence-corrected chi connectivity index (χ3v) is 3.98. The molecule has 3 rings (SSSR count). The van der Waals surface area contributed by atoms with Crippen LogP contribution in [0.5, 0.6) is 0 Å². The minimum absolute atomic E-state index is 0.112. The summed E-state index contributed by atoms with van der Waals surface area (Å²) in [5.74, 6) is -0.397. The van der Waals surface area contributed by atoms with Crippen molar-refractivity contribution < 1.29 is 4.79 Å². The van der Waals surface area contributed by atoms with Gasteiger partial charge in [0.1, 0.15) is 5.56 Å². The summed E-state index contributed by atoms with van der Waals surface area (Å²) in [5, 5.41) is 3.95. The average Bonchev–Trinajstić information content (AvgIpc) is 2.54. The maximum absolute atomic E-state index is 12.5. The lowest BCUT2D eigenvalue weighted by molar-refractivity contribution is 0.0949. The Hall–Kier alpha value is -2.59. The van der Waals surface area contributed by atoms with E-state index in [-0.39, 0.29) is 11.0 Å². The summed E-state index contributed by atoms with van der Waals surface area (Å²) in [6.45, 7) is 2.19. The molecule has 3 aromatic rings. The van der Waals surface area contributed by atoms with Crippen molar-refractivity contribution >= 4 is 28.4 Å². The van der Waals surface area contributed by atoms with Crippen LogP contribution in [0.1, 0.15) is 21.5 Å². The summed E-state index contributed by atoms with van der Waals surface area (Å²) < 4.78 is 0. The van der Waals surface area contributed by atoms with Crippen molar-refractivity contribution in [1.82, 2.24) is 10.3 Å². The van der Waals surface area contributed by atoms with Crippen LogP contribution in [-0.4, -0.2) is 10.9 Å². The van der Waals surface area contributed by atoms with Gasteiger partial charge in [-0.25, -0.2) is 0 Å². The van der Waals surface area contributed by atoms with E-state index in [9.17, 15) is 9.59 Å². The molecule has 1 aromatic heterocycles. The molecule has 0 aliphatic rings. The third-order valence-electron chi connectivity index (χ3n) is 3.73. The molecule has 0 saturated heterocycles. The Morgan fingerprint density at radius 2 is 1.91 bits per heavy atom. The van der Waals surface area contributed by atoms with Crippen molar-refractivity contribution in [3.8, 4) is 0 Å². The molecule has 116 valence electrons. The highest BCUT2D eigenvalue weighted by molar-refractivity contribution is 6.30. The van der Waals surface area contributed by atoms with E-state index < -0.39 is 5.91 Å². The Labute approximate surface area is 138 Å². The Morgan fingerprint density at radius 3 is 2.65 bits per heavy atom. The molecule has 1 heterocycles. The molecule has 0 aliphatic carbocycles. The van der Waals surface area contributed by atoms with E-state index in [1.165, 1.54) is 6.20 Å². The number of carbonyl (C=O) groups excluding carboxylic acids is 1. The van der Waals surface area contributed by atoms with Crippen molar-refractivity contribution in [2.24, 2.45) is 0 Å². The summed E-state index contributed by atoms with van der Waals surface area (Å²) in [6, 6.07) is 12.7. The first-order valence-electron chi connectivity index (χ1n) is 7.20. The number of hydrogen-bond donors (Lipinski definition) is 2. The van der Waals surface area contributed by atoms with E-state index in [1.54, 1.807) is 12.1 Å². The van der Waals surface area contributed by atoms with E-state index in [2.05, 4.69) is 10.3 Å². The van der Waals surface area contributed by atoms with Gasteiger partial charge in [0.15, 0.2) is 0 Å². The normalized spacial score (nSPS) is 10.7. The summed E-state index contributed by atoms with van der Waals surface area (Å²) in [7, 11) is 0. The number of carbonyl (C=O) groups is 1. The van der Waals surface area contributed by atoms with E-state index in [1.807, 2.05) is 37.3 Å². The first-order chi connectivity index (χ1) is 11.1. The van der Waals surface area contributed by atoms with Gasteiger partial charge in [-0.3, -0.25) is 9.59 Å². The first-order valence-corrected chi connectivity index (χ1v) is 7.58. The Balaban J connectivity index is 1.86. The van der Waals surface area contributed by atoms with Crippen LogP contribution in [-0.2, 0) is 6.54 Å². The number of aromatic amines is 1. The molecule has 2 aromatic carbocycles. The van der Waals surface area contributed by atoms with Gasteiger partial charge in [0.05, 0.1) is 0 Å². The van der Waals surface area contributed by atoms with E-state index in [0.717, 1.165) is 16.6 Å². The van der Waals surface area contributed by atoms with Gasteiger partial charge in [-0.2, -0.15) is 0 Å². The fourth-order valence-corrected chi connectivity index (χ4v) is 2.61. The lowest BCUT2D eigenvalue weighted by Crippen LogP contribution is -2.28. The number of halogens is 1. The molecule has 4 nitrogen and oxygen atoms in total. The zero-order chi connectivity index (χ0) is 16.4. The predicted molar refractivity (Wildman–Crippen MR) is 91.9 cm³/mol. The molecule has 0 atom stereocenters. The monoisotopic (exact) mass is 326 g/mol. The van der Waals surface area contributed by atoms with Crippen LogP contribution in [0, 0.1) is 6.92 Å². The second-order valence-electron chi connectivity index (χ2n) is 5.34. The topological polar surface area (TPSA) is 62.0 Å². The van der Waals surface area contributed by atoms with Gasteiger partial charge in [-0.1, -0.05) is 35.9 Å². The highest BCUT2D eigenvalue weighted by Gasteiger charge is 2.13. The number of H-pyrrole nitrogens is 1. The standard InChI is InChI=1S/C18H15ClN2O2/c1-11-3-2-4-15-16(11)17(22)14(10-20-15)18(23)21-9-12-5-7-13(19)8-6-12/h2-8,10H,9H2,1H3,(H,20,22)(H,21,23). The van der Waals surface area contributed by atoms with Gasteiger partial charge >= 0.3 is 0 Å². The smallest absolute Gasteiger partial charge is 0.257 e. The number of hydrogen-bond acceptors (Lipinski definition) is 2. The largest absolute Gasteiger partial charge is 0.360 e. The molecule has 23 heavy (non-hydrogen) atoms. The van der Waals surface area contributed by atoms with Crippen LogP contribution >= 0.6 is 11.6 Å². The third kappa shape index (κ3) is 3.12. The van der Waals surface area contributed by atoms with Crippen LogP contribution in [0.15, 0.2) is 53.5 Å². The van der Waals surface area contributed by atoms with E-state index in [4.69, 9.17) is 11.6 Å². The van der Waals surface area contributed by atoms with Crippen molar-refractivity contribution in [3.63, 3.8) is 0 Å². The van der Waals surface area contributed by atoms with Crippen LogP contribution in [0.4, 0.5) is 0 Å². The number of nitrogens with one attached hydrogen (secondary N) is 2. The minimum atomic E-state index is -0.397. The molecule has 0 bridgehead atoms. The molecule has 0 aliphatic heterocycles. The molecular formula is C18H15ClN2O2. The highest BCUT2D eigenvalue weighted by Crippen LogP contribution is 2.13. The zero-order valence-corrected chi connectivity index (χ0v) is 13.3. The number of benzene rings is 2. The maximum atomic E-state index is 12.5. The summed E-state index contributed by atoms with van der Waals surface area (Å²) >= 11 is 5.83. The number of fused-ring (bicyclic) bond motifs is 1. The molecule has 0 saturated carbocycles. The lowest BCUT2D eigenvalue weighted by Gasteiger charge is -2.07. The number of rotatable bonds is 3. The quantitative estimate of drug-likeness (QED) is 0.774. The van der Waals surface area contributed by atoms with E-state index in [0.29, 0.717) is 17.0 Å². The zero-order valence-electron chi connectivity index (χ0n) is 12.5. The van der Waals surface area contributed by atoms with Crippen LogP contribution in [0.3, 0.4) is 0 Å². The van der Waals surface area contributed by atoms with Crippen LogP contribution < -0.4 is 10.7 Å². The fourth-order valence-electron chi connectivity index (χ4n) is 2.49. The average molecular weight is 327 g/mol. The first kappa shape index (κ1) is 15.3. The molecule has 0 fully saturated rings. The summed E-state index contributed by atoms with van der Waals surface area (Å²) in [5.41, 5.74) is 2.34. The molecular weight excluding hydrogens is 312 g/mol. The van der Waals surface area contributed by atoms with Gasteiger partial charge in [0.25, 0.3) is 5.91 Å². The van der Waals surface area contributed by atoms with Gasteiger partial charge < -0.3 is 10.3 Å². The van der Waals surface area contributed by atoms with Crippen molar-refractivity contribution in [2.45, 2.75) is 13.5 Å². The van der Waals surface area contributed by atoms with Gasteiger partial charge in [-0.05, 0) is 36.2 Å². The Morgan fingerprint density at radius 1 is 1.17 bits per heavy atom. The highest BCUT2D eigenvalue weighted by atomic mass is 35.5. The summed E-state index contributed by atoms with van der Waals surface area (Å²) in [4.78, 5) is 27.9. The molecule has 0 spiro atoms. The minimum Gasteiger partial charge on any atom is -0.360 e. The van der Waals surface area contributed by atoms with Crippen LogP contribution in [0.2, 0.25) is 5.02 Å². The van der Waals surface area contributed by atoms with Crippen molar-refractivity contribution in [2.75, 3.05) is 0 Å². The van der Waals surface area contributed by atoms with Crippen LogP contribution in [0.25, 0.3) is 10.9 Å². The molecule has 0 unspecified atom stereocenters. The fraction of sp³-hybridized carbons (Fsp3) is 0.111. The van der Waals surface area contributed by atoms with Gasteiger partial charge in [0, 0.05) is 28.7 Å². The van der Waals surface area contributed by atoms with Gasteiger partial charge in [0.2, 0.25) is 5.43 Å². The van der Waals surface area contributed by atoms with Gasteiger partial charge in [-0.15, -0.1) is 0 Å². The Kier molecular flexibility index (Phi) is 4.17. The number of pyridine rings is 1. The Bertz CT molecular complexity index is 930. The van der Waals surface area contributed by atoms with Crippen molar-refractivity contribution in [1.29, 1.82) is 0 Å². The maximum Gasteiger partial charge on any atom is 0.257 e. The van der Waals surface area contributed by atoms with Crippen molar-refractivity contribution in [3.05, 3.63) is 80.6 Å². The number of aromatic nitrogens is 1. The lowest BCUT2D eigenvalue weighted by atomic mass is 10.1. The molecule has 2 N–H and O–H groups in total. The number of amides is 1. The van der Waals surface area contributed by atoms with E-state index >= 15 is 0 Å².